The zero-order valence-electron chi connectivity index (χ0n) is 13.7. The molecule has 2 aromatic carbocycles. The lowest BCUT2D eigenvalue weighted by Gasteiger charge is -2.29. The number of thioether (sulfide) groups is 1. The summed E-state index contributed by atoms with van der Waals surface area (Å²) in [6, 6.07) is 18.4. The molecule has 0 fully saturated rings. The predicted octanol–water partition coefficient (Wildman–Crippen LogP) is 5.37. The van der Waals surface area contributed by atoms with Crippen molar-refractivity contribution in [1.29, 1.82) is 0 Å². The van der Waals surface area contributed by atoms with Crippen LogP contribution in [0.4, 0.5) is 0 Å². The first-order valence-corrected chi connectivity index (χ1v) is 9.41. The standard InChI is InChI=1S/C19H22BrNOS/c1-14(2)21(13-16-7-5-4-6-8-16)19(22)15(3)23-18-11-9-17(20)10-12-18/h4-12,14-15H,13H2,1-3H3. The summed E-state index contributed by atoms with van der Waals surface area (Å²) in [5.74, 6) is 0.178. The topological polar surface area (TPSA) is 20.3 Å². The Balaban J connectivity index is 2.06. The zero-order valence-corrected chi connectivity index (χ0v) is 16.1. The van der Waals surface area contributed by atoms with Gasteiger partial charge in [-0.2, -0.15) is 0 Å². The van der Waals surface area contributed by atoms with Crippen LogP contribution < -0.4 is 0 Å². The highest BCUT2D eigenvalue weighted by atomic mass is 79.9. The van der Waals surface area contributed by atoms with Gasteiger partial charge in [0.25, 0.3) is 0 Å². The van der Waals surface area contributed by atoms with Crippen molar-refractivity contribution in [3.63, 3.8) is 0 Å². The molecule has 2 rings (SSSR count). The van der Waals surface area contributed by atoms with Gasteiger partial charge in [-0.1, -0.05) is 46.3 Å². The number of hydrogen-bond acceptors (Lipinski definition) is 2. The average Bonchev–Trinajstić information content (AvgIpc) is 2.55. The molecule has 0 saturated carbocycles. The van der Waals surface area contributed by atoms with Gasteiger partial charge in [-0.3, -0.25) is 4.79 Å². The van der Waals surface area contributed by atoms with Crippen molar-refractivity contribution in [2.45, 2.75) is 43.5 Å². The monoisotopic (exact) mass is 391 g/mol. The Bertz CT molecular complexity index is 628. The molecule has 0 spiro atoms. The number of nitrogens with zero attached hydrogens (tertiary/aromatic N) is 1. The molecule has 0 aromatic heterocycles. The van der Waals surface area contributed by atoms with E-state index >= 15 is 0 Å². The van der Waals surface area contributed by atoms with E-state index in [1.54, 1.807) is 11.8 Å². The van der Waals surface area contributed by atoms with Crippen LogP contribution in [0.2, 0.25) is 0 Å². The quantitative estimate of drug-likeness (QED) is 0.617. The molecule has 23 heavy (non-hydrogen) atoms. The summed E-state index contributed by atoms with van der Waals surface area (Å²) in [7, 11) is 0. The van der Waals surface area contributed by atoms with Crippen molar-refractivity contribution >= 4 is 33.6 Å². The van der Waals surface area contributed by atoms with Crippen LogP contribution in [0.3, 0.4) is 0 Å². The second-order valence-corrected chi connectivity index (χ2v) is 8.09. The van der Waals surface area contributed by atoms with Gasteiger partial charge >= 0.3 is 0 Å². The number of rotatable bonds is 6. The van der Waals surface area contributed by atoms with Gasteiger partial charge in [0.1, 0.15) is 0 Å². The second-order valence-electron chi connectivity index (χ2n) is 5.76. The van der Waals surface area contributed by atoms with E-state index in [4.69, 9.17) is 0 Å². The first-order valence-electron chi connectivity index (χ1n) is 7.74. The number of amides is 1. The van der Waals surface area contributed by atoms with Crippen LogP contribution in [0, 0.1) is 0 Å². The maximum absolute atomic E-state index is 12.9. The predicted molar refractivity (Wildman–Crippen MR) is 102 cm³/mol. The second kappa shape index (κ2) is 8.55. The van der Waals surface area contributed by atoms with Gasteiger partial charge in [-0.15, -0.1) is 11.8 Å². The van der Waals surface area contributed by atoms with Crippen LogP contribution in [0.25, 0.3) is 0 Å². The number of hydrogen-bond donors (Lipinski definition) is 0. The van der Waals surface area contributed by atoms with Crippen LogP contribution in [0.5, 0.6) is 0 Å². The molecule has 0 aliphatic heterocycles. The highest BCUT2D eigenvalue weighted by molar-refractivity contribution is 9.10. The highest BCUT2D eigenvalue weighted by Crippen LogP contribution is 2.27. The molecule has 0 saturated heterocycles. The van der Waals surface area contributed by atoms with Gasteiger partial charge in [0.05, 0.1) is 5.25 Å². The van der Waals surface area contributed by atoms with Crippen LogP contribution in [-0.2, 0) is 11.3 Å². The first kappa shape index (κ1) is 18.1. The van der Waals surface area contributed by atoms with E-state index in [9.17, 15) is 4.79 Å². The molecule has 122 valence electrons. The van der Waals surface area contributed by atoms with Gasteiger partial charge in [-0.25, -0.2) is 0 Å². The lowest BCUT2D eigenvalue weighted by molar-refractivity contribution is -0.132. The number of halogens is 1. The van der Waals surface area contributed by atoms with Crippen molar-refractivity contribution in [3.05, 3.63) is 64.6 Å². The zero-order chi connectivity index (χ0) is 16.8. The first-order chi connectivity index (χ1) is 11.0. The van der Waals surface area contributed by atoms with E-state index in [1.807, 2.05) is 54.3 Å². The molecule has 1 unspecified atom stereocenters. The highest BCUT2D eigenvalue weighted by Gasteiger charge is 2.23. The fraction of sp³-hybridized carbons (Fsp3) is 0.316. The number of benzene rings is 2. The van der Waals surface area contributed by atoms with Gasteiger partial charge < -0.3 is 4.90 Å². The van der Waals surface area contributed by atoms with Crippen molar-refractivity contribution < 1.29 is 4.79 Å². The fourth-order valence-electron chi connectivity index (χ4n) is 2.30. The molecular formula is C19H22BrNOS. The summed E-state index contributed by atoms with van der Waals surface area (Å²) in [5, 5.41) is -0.109. The molecule has 0 bridgehead atoms. The molecule has 4 heteroatoms. The smallest absolute Gasteiger partial charge is 0.236 e. The van der Waals surface area contributed by atoms with Gasteiger partial charge in [0.15, 0.2) is 0 Å². The van der Waals surface area contributed by atoms with Crippen LogP contribution >= 0.6 is 27.7 Å². The fourth-order valence-corrected chi connectivity index (χ4v) is 3.50. The summed E-state index contributed by atoms with van der Waals surface area (Å²) in [5.41, 5.74) is 1.16. The van der Waals surface area contributed by atoms with Crippen molar-refractivity contribution in [3.8, 4) is 0 Å². The molecule has 0 aliphatic rings. The Morgan fingerprint density at radius 3 is 2.22 bits per heavy atom. The molecule has 0 N–H and O–H groups in total. The Morgan fingerprint density at radius 2 is 1.65 bits per heavy atom. The maximum Gasteiger partial charge on any atom is 0.236 e. The minimum atomic E-state index is -0.109. The SMILES string of the molecule is CC(Sc1ccc(Br)cc1)C(=O)N(Cc1ccccc1)C(C)C. The Hall–Kier alpha value is -1.26. The molecule has 0 aliphatic carbocycles. The summed E-state index contributed by atoms with van der Waals surface area (Å²) in [6.07, 6.45) is 0. The minimum Gasteiger partial charge on any atom is -0.335 e. The van der Waals surface area contributed by atoms with Crippen molar-refractivity contribution in [1.82, 2.24) is 4.90 Å². The summed E-state index contributed by atoms with van der Waals surface area (Å²) in [4.78, 5) is 15.9. The Morgan fingerprint density at radius 1 is 1.04 bits per heavy atom. The van der Waals surface area contributed by atoms with Gasteiger partial charge in [-0.05, 0) is 50.6 Å². The summed E-state index contributed by atoms with van der Waals surface area (Å²) < 4.78 is 1.05. The molecule has 1 atom stereocenters. The Labute approximate surface area is 151 Å². The molecule has 0 radical (unpaired) electrons. The summed E-state index contributed by atoms with van der Waals surface area (Å²) in [6.45, 7) is 6.77. The average molecular weight is 392 g/mol. The van der Waals surface area contributed by atoms with E-state index in [1.165, 1.54) is 0 Å². The molecule has 2 nitrogen and oxygen atoms in total. The van der Waals surface area contributed by atoms with E-state index in [0.717, 1.165) is 14.9 Å². The molecule has 2 aromatic rings. The summed E-state index contributed by atoms with van der Waals surface area (Å²) >= 11 is 5.04. The number of carbonyl (C=O) groups is 1. The third kappa shape index (κ3) is 5.40. The molecule has 1 amide bonds. The third-order valence-electron chi connectivity index (χ3n) is 3.58. The lowest BCUT2D eigenvalue weighted by Crippen LogP contribution is -2.40. The van der Waals surface area contributed by atoms with Gasteiger partial charge in [0, 0.05) is 22.0 Å². The molecular weight excluding hydrogens is 370 g/mol. The third-order valence-corrected chi connectivity index (χ3v) is 5.20. The molecule has 0 heterocycles. The van der Waals surface area contributed by atoms with Crippen LogP contribution in [0.1, 0.15) is 26.3 Å². The minimum absolute atomic E-state index is 0.109. The van der Waals surface area contributed by atoms with E-state index in [0.29, 0.717) is 6.54 Å². The van der Waals surface area contributed by atoms with E-state index in [-0.39, 0.29) is 17.2 Å². The van der Waals surface area contributed by atoms with Crippen LogP contribution in [-0.4, -0.2) is 22.1 Å². The lowest BCUT2D eigenvalue weighted by atomic mass is 10.2. The van der Waals surface area contributed by atoms with Crippen molar-refractivity contribution in [2.24, 2.45) is 0 Å². The number of carbonyl (C=O) groups excluding carboxylic acids is 1. The van der Waals surface area contributed by atoms with E-state index in [2.05, 4.69) is 41.9 Å². The Kier molecular flexibility index (Phi) is 6.72. The maximum atomic E-state index is 12.9. The largest absolute Gasteiger partial charge is 0.335 e. The van der Waals surface area contributed by atoms with Crippen molar-refractivity contribution in [2.75, 3.05) is 0 Å². The van der Waals surface area contributed by atoms with Crippen LogP contribution in [0.15, 0.2) is 64.0 Å². The van der Waals surface area contributed by atoms with E-state index < -0.39 is 0 Å². The normalized spacial score (nSPS) is 12.2. The van der Waals surface area contributed by atoms with Gasteiger partial charge in [0.2, 0.25) is 5.91 Å².